The molecule has 1 atom stereocenters. The number of hydrogen-bond donors (Lipinski definition) is 1. The predicted octanol–water partition coefficient (Wildman–Crippen LogP) is 1.71. The smallest absolute Gasteiger partial charge is 0.261 e. The van der Waals surface area contributed by atoms with E-state index in [-0.39, 0.29) is 18.7 Å². The van der Waals surface area contributed by atoms with Crippen molar-refractivity contribution in [2.24, 2.45) is 0 Å². The fourth-order valence-electron chi connectivity index (χ4n) is 2.33. The van der Waals surface area contributed by atoms with Crippen LogP contribution in [-0.2, 0) is 6.54 Å². The van der Waals surface area contributed by atoms with E-state index in [1.54, 1.807) is 42.5 Å². The van der Waals surface area contributed by atoms with Gasteiger partial charge in [-0.25, -0.2) is 4.98 Å². The maximum atomic E-state index is 12.3. The molecule has 0 saturated heterocycles. The van der Waals surface area contributed by atoms with Crippen molar-refractivity contribution >= 4 is 10.9 Å². The van der Waals surface area contributed by atoms with Crippen molar-refractivity contribution in [2.45, 2.75) is 12.6 Å². The lowest BCUT2D eigenvalue weighted by atomic mass is 10.2. The molecule has 0 saturated carbocycles. The molecule has 0 fully saturated rings. The Morgan fingerprint density at radius 3 is 2.71 bits per heavy atom. The van der Waals surface area contributed by atoms with Crippen LogP contribution < -0.4 is 10.3 Å². The van der Waals surface area contributed by atoms with Crippen LogP contribution in [0.15, 0.2) is 59.7 Å². The minimum atomic E-state index is -0.860. The van der Waals surface area contributed by atoms with E-state index < -0.39 is 6.10 Å². The van der Waals surface area contributed by atoms with Crippen LogP contribution in [0.4, 0.5) is 0 Å². The lowest BCUT2D eigenvalue weighted by Crippen LogP contribution is -2.30. The van der Waals surface area contributed by atoms with E-state index in [2.05, 4.69) is 4.98 Å². The Kier molecular flexibility index (Phi) is 4.54. The molecule has 0 bridgehead atoms. The molecule has 0 unspecified atom stereocenters. The van der Waals surface area contributed by atoms with Gasteiger partial charge in [0.1, 0.15) is 18.5 Å². The summed E-state index contributed by atoms with van der Waals surface area (Å²) in [4.78, 5) is 16.6. The Morgan fingerprint density at radius 2 is 1.96 bits per heavy atom. The summed E-state index contributed by atoms with van der Waals surface area (Å²) < 4.78 is 6.84. The third kappa shape index (κ3) is 3.42. The third-order valence-corrected chi connectivity index (χ3v) is 3.56. The zero-order valence-corrected chi connectivity index (χ0v) is 12.8. The molecule has 24 heavy (non-hydrogen) atoms. The van der Waals surface area contributed by atoms with Gasteiger partial charge in [0.25, 0.3) is 5.56 Å². The first-order chi connectivity index (χ1) is 11.7. The monoisotopic (exact) mass is 321 g/mol. The number of nitriles is 1. The number of aromatic nitrogens is 2. The van der Waals surface area contributed by atoms with E-state index in [1.807, 2.05) is 12.1 Å². The lowest BCUT2D eigenvalue weighted by molar-refractivity contribution is 0.0915. The number of rotatable bonds is 5. The molecule has 0 radical (unpaired) electrons. The largest absolute Gasteiger partial charge is 0.491 e. The quantitative estimate of drug-likeness (QED) is 0.773. The number of fused-ring (bicyclic) bond motifs is 1. The molecule has 2 aromatic carbocycles. The Hall–Kier alpha value is -3.17. The molecule has 0 spiro atoms. The highest BCUT2D eigenvalue weighted by atomic mass is 16.5. The Bertz CT molecular complexity index is 942. The Morgan fingerprint density at radius 1 is 1.21 bits per heavy atom. The van der Waals surface area contributed by atoms with Crippen molar-refractivity contribution in [3.05, 3.63) is 70.8 Å². The third-order valence-electron chi connectivity index (χ3n) is 3.56. The van der Waals surface area contributed by atoms with E-state index in [0.29, 0.717) is 22.2 Å². The highest BCUT2D eigenvalue weighted by Crippen LogP contribution is 2.12. The Balaban J connectivity index is 1.66. The molecule has 1 heterocycles. The summed E-state index contributed by atoms with van der Waals surface area (Å²) in [6.07, 6.45) is 0.566. The fourth-order valence-corrected chi connectivity index (χ4v) is 2.33. The molecule has 1 aromatic heterocycles. The van der Waals surface area contributed by atoms with Crippen molar-refractivity contribution < 1.29 is 9.84 Å². The van der Waals surface area contributed by atoms with E-state index in [0.717, 1.165) is 0 Å². The molecular formula is C18H15N3O3. The minimum absolute atomic E-state index is 0.0329. The van der Waals surface area contributed by atoms with Gasteiger partial charge in [-0.1, -0.05) is 12.1 Å². The number of aliphatic hydroxyl groups excluding tert-OH is 1. The average Bonchev–Trinajstić information content (AvgIpc) is 2.63. The number of nitrogens with zero attached hydrogens (tertiary/aromatic N) is 3. The summed E-state index contributed by atoms with van der Waals surface area (Å²) in [6.45, 7) is 0.123. The van der Waals surface area contributed by atoms with Crippen molar-refractivity contribution in [1.29, 1.82) is 5.26 Å². The minimum Gasteiger partial charge on any atom is -0.491 e. The Labute approximate surface area is 138 Å². The SMILES string of the molecule is N#Cc1ccc(OC[C@H](O)Cn2cnc3ccccc3c2=O)cc1. The summed E-state index contributed by atoms with van der Waals surface area (Å²) in [5.41, 5.74) is 0.969. The highest BCUT2D eigenvalue weighted by molar-refractivity contribution is 5.76. The standard InChI is InChI=1S/C18H15N3O3/c19-9-13-5-7-15(8-6-13)24-11-14(22)10-21-12-20-17-4-2-1-3-16(17)18(21)23/h1-8,12,14,22H,10-11H2/t14-/m1/s1. The second kappa shape index (κ2) is 6.94. The van der Waals surface area contributed by atoms with E-state index in [9.17, 15) is 9.90 Å². The van der Waals surface area contributed by atoms with Crippen molar-refractivity contribution in [2.75, 3.05) is 6.61 Å². The van der Waals surface area contributed by atoms with Crippen LogP contribution in [-0.4, -0.2) is 27.4 Å². The molecule has 3 aromatic rings. The molecule has 0 aliphatic heterocycles. The van der Waals surface area contributed by atoms with Gasteiger partial charge < -0.3 is 9.84 Å². The van der Waals surface area contributed by atoms with Gasteiger partial charge in [-0.15, -0.1) is 0 Å². The normalized spacial score (nSPS) is 11.8. The number of benzene rings is 2. The summed E-state index contributed by atoms with van der Waals surface area (Å²) in [5.74, 6) is 0.553. The summed E-state index contributed by atoms with van der Waals surface area (Å²) >= 11 is 0. The van der Waals surface area contributed by atoms with Crippen LogP contribution in [0.3, 0.4) is 0 Å². The second-order valence-electron chi connectivity index (χ2n) is 5.32. The topological polar surface area (TPSA) is 88.1 Å². The molecule has 0 amide bonds. The zero-order valence-electron chi connectivity index (χ0n) is 12.8. The highest BCUT2D eigenvalue weighted by Gasteiger charge is 2.10. The fraction of sp³-hybridized carbons (Fsp3) is 0.167. The van der Waals surface area contributed by atoms with Gasteiger partial charge in [0.05, 0.1) is 35.4 Å². The number of hydrogen-bond acceptors (Lipinski definition) is 5. The van der Waals surface area contributed by atoms with Crippen LogP contribution in [0, 0.1) is 11.3 Å². The van der Waals surface area contributed by atoms with Crippen molar-refractivity contribution in [3.8, 4) is 11.8 Å². The molecule has 1 N–H and O–H groups in total. The van der Waals surface area contributed by atoms with Crippen LogP contribution in [0.1, 0.15) is 5.56 Å². The van der Waals surface area contributed by atoms with E-state index >= 15 is 0 Å². The second-order valence-corrected chi connectivity index (χ2v) is 5.32. The summed E-state index contributed by atoms with van der Waals surface area (Å²) in [7, 11) is 0. The van der Waals surface area contributed by atoms with Crippen molar-refractivity contribution in [3.63, 3.8) is 0 Å². The molecule has 6 heteroatoms. The number of ether oxygens (including phenoxy) is 1. The number of aliphatic hydroxyl groups is 1. The maximum Gasteiger partial charge on any atom is 0.261 e. The molecule has 120 valence electrons. The zero-order chi connectivity index (χ0) is 16.9. The van der Waals surface area contributed by atoms with Gasteiger partial charge in [0, 0.05) is 0 Å². The van der Waals surface area contributed by atoms with Crippen molar-refractivity contribution in [1.82, 2.24) is 9.55 Å². The molecule has 6 nitrogen and oxygen atoms in total. The maximum absolute atomic E-state index is 12.3. The molecular weight excluding hydrogens is 306 g/mol. The van der Waals surface area contributed by atoms with E-state index in [4.69, 9.17) is 10.00 Å². The van der Waals surface area contributed by atoms with Crippen LogP contribution in [0.5, 0.6) is 5.75 Å². The molecule has 3 rings (SSSR count). The van der Waals surface area contributed by atoms with Crippen LogP contribution >= 0.6 is 0 Å². The molecule has 0 aliphatic carbocycles. The first-order valence-corrected chi connectivity index (χ1v) is 7.42. The van der Waals surface area contributed by atoms with Crippen LogP contribution in [0.25, 0.3) is 10.9 Å². The summed E-state index contributed by atoms with van der Waals surface area (Å²) in [5, 5.41) is 19.4. The summed E-state index contributed by atoms with van der Waals surface area (Å²) in [6, 6.07) is 15.7. The first kappa shape index (κ1) is 15.7. The van der Waals surface area contributed by atoms with Gasteiger partial charge >= 0.3 is 0 Å². The first-order valence-electron chi connectivity index (χ1n) is 7.42. The molecule has 0 aliphatic rings. The van der Waals surface area contributed by atoms with Gasteiger partial charge in [-0.2, -0.15) is 5.26 Å². The van der Waals surface area contributed by atoms with Gasteiger partial charge in [-0.05, 0) is 36.4 Å². The van der Waals surface area contributed by atoms with Crippen LogP contribution in [0.2, 0.25) is 0 Å². The lowest BCUT2D eigenvalue weighted by Gasteiger charge is -2.14. The van der Waals surface area contributed by atoms with Gasteiger partial charge in [0.15, 0.2) is 0 Å². The van der Waals surface area contributed by atoms with Gasteiger partial charge in [0.2, 0.25) is 0 Å². The van der Waals surface area contributed by atoms with E-state index in [1.165, 1.54) is 10.9 Å². The predicted molar refractivity (Wildman–Crippen MR) is 88.7 cm³/mol. The number of para-hydroxylation sites is 1. The van der Waals surface area contributed by atoms with Gasteiger partial charge in [-0.3, -0.25) is 9.36 Å². The average molecular weight is 321 g/mol.